The van der Waals surface area contributed by atoms with E-state index >= 15 is 0 Å². The van der Waals surface area contributed by atoms with Crippen LogP contribution in [0.3, 0.4) is 0 Å². The molecule has 2 aromatic rings. The van der Waals surface area contributed by atoms with E-state index in [2.05, 4.69) is 5.32 Å². The molecular weight excluding hydrogens is 437 g/mol. The first kappa shape index (κ1) is 23.4. The quantitative estimate of drug-likeness (QED) is 0.725. The van der Waals surface area contributed by atoms with Gasteiger partial charge in [-0.25, -0.2) is 0 Å². The van der Waals surface area contributed by atoms with Crippen LogP contribution in [0.2, 0.25) is 5.02 Å². The highest BCUT2D eigenvalue weighted by Crippen LogP contribution is 2.40. The molecule has 2 atom stereocenters. The molecule has 1 fully saturated rings. The van der Waals surface area contributed by atoms with Crippen molar-refractivity contribution in [3.05, 3.63) is 58.6 Å². The minimum atomic E-state index is -0.0239. The highest BCUT2D eigenvalue weighted by Gasteiger charge is 2.33. The second-order valence-electron chi connectivity index (χ2n) is 7.86. The van der Waals surface area contributed by atoms with Crippen molar-refractivity contribution in [3.8, 4) is 0 Å². The minimum Gasteiger partial charge on any atom is -0.378 e. The zero-order valence-corrected chi connectivity index (χ0v) is 19.2. The molecule has 31 heavy (non-hydrogen) atoms. The summed E-state index contributed by atoms with van der Waals surface area (Å²) < 4.78 is 5.36. The molecule has 0 bridgehead atoms. The molecule has 2 heterocycles. The van der Waals surface area contributed by atoms with Crippen molar-refractivity contribution in [1.29, 1.82) is 0 Å². The average molecular weight is 464 g/mol. The molecule has 8 heteroatoms. The summed E-state index contributed by atoms with van der Waals surface area (Å²) in [6.07, 6.45) is 0.740. The van der Waals surface area contributed by atoms with E-state index in [1.807, 2.05) is 59.2 Å². The van der Waals surface area contributed by atoms with Crippen LogP contribution in [-0.4, -0.2) is 49.1 Å². The Morgan fingerprint density at radius 2 is 1.77 bits per heavy atom. The van der Waals surface area contributed by atoms with Crippen LogP contribution in [0.4, 0.5) is 11.4 Å². The lowest BCUT2D eigenvalue weighted by atomic mass is 9.89. The maximum Gasteiger partial charge on any atom is 0.254 e. The molecule has 2 unspecified atom stereocenters. The highest BCUT2D eigenvalue weighted by molar-refractivity contribution is 6.30. The van der Waals surface area contributed by atoms with Gasteiger partial charge in [0, 0.05) is 48.0 Å². The first-order chi connectivity index (χ1) is 14.4. The van der Waals surface area contributed by atoms with Crippen LogP contribution in [0.1, 0.15) is 42.2 Å². The van der Waals surface area contributed by atoms with E-state index < -0.39 is 0 Å². The Bertz CT molecular complexity index is 946. The van der Waals surface area contributed by atoms with E-state index in [9.17, 15) is 9.59 Å². The van der Waals surface area contributed by atoms with Crippen molar-refractivity contribution in [3.63, 3.8) is 0 Å². The van der Waals surface area contributed by atoms with Crippen LogP contribution in [0, 0.1) is 0 Å². The maximum absolute atomic E-state index is 13.0. The van der Waals surface area contributed by atoms with Gasteiger partial charge in [-0.3, -0.25) is 9.59 Å². The predicted octanol–water partition coefficient (Wildman–Crippen LogP) is 4.53. The Labute approximate surface area is 193 Å². The minimum absolute atomic E-state index is 0. The topological polar surface area (TPSA) is 61.9 Å². The molecule has 2 amide bonds. The lowest BCUT2D eigenvalue weighted by molar-refractivity contribution is -0.117. The molecule has 1 N–H and O–H groups in total. The Kier molecular flexibility index (Phi) is 7.46. The van der Waals surface area contributed by atoms with Gasteiger partial charge >= 0.3 is 0 Å². The third-order valence-electron chi connectivity index (χ3n) is 5.75. The number of hydrogen-bond acceptors (Lipinski definition) is 4. The number of anilines is 2. The zero-order chi connectivity index (χ0) is 21.3. The van der Waals surface area contributed by atoms with Crippen molar-refractivity contribution in [2.24, 2.45) is 0 Å². The van der Waals surface area contributed by atoms with Gasteiger partial charge in [0.15, 0.2) is 0 Å². The lowest BCUT2D eigenvalue weighted by Gasteiger charge is -2.40. The van der Waals surface area contributed by atoms with E-state index in [1.54, 1.807) is 6.92 Å². The zero-order valence-electron chi connectivity index (χ0n) is 17.6. The van der Waals surface area contributed by atoms with Gasteiger partial charge in [0.05, 0.1) is 19.3 Å². The number of halogens is 2. The molecule has 2 aromatic carbocycles. The van der Waals surface area contributed by atoms with E-state index in [0.717, 1.165) is 23.4 Å². The van der Waals surface area contributed by atoms with Crippen LogP contribution in [-0.2, 0) is 9.53 Å². The number of nitrogens with one attached hydrogen (secondary N) is 1. The fraction of sp³-hybridized carbons (Fsp3) is 0.391. The monoisotopic (exact) mass is 463 g/mol. The molecule has 0 radical (unpaired) electrons. The number of fused-ring (bicyclic) bond motifs is 1. The molecule has 2 aliphatic rings. The van der Waals surface area contributed by atoms with Crippen LogP contribution < -0.4 is 10.2 Å². The molecular formula is C23H27Cl2N3O3. The Balaban J connectivity index is 0.00000272. The van der Waals surface area contributed by atoms with Crippen molar-refractivity contribution in [2.75, 3.05) is 36.5 Å². The number of rotatable bonds is 3. The molecule has 0 aliphatic carbocycles. The number of nitrogens with zero attached hydrogens (tertiary/aromatic N) is 2. The van der Waals surface area contributed by atoms with Crippen LogP contribution in [0.25, 0.3) is 0 Å². The number of carbonyl (C=O) groups is 2. The lowest BCUT2D eigenvalue weighted by Crippen LogP contribution is -2.43. The third kappa shape index (κ3) is 4.97. The summed E-state index contributed by atoms with van der Waals surface area (Å²) in [6.45, 7) is 5.95. The SMILES string of the molecule is CC(=O)N1c2ccc(C(=O)N3CCOCC3)cc2C(Nc2ccc(Cl)cc2)CC1C.Cl. The van der Waals surface area contributed by atoms with Crippen molar-refractivity contribution in [1.82, 2.24) is 4.90 Å². The smallest absolute Gasteiger partial charge is 0.254 e. The molecule has 0 aromatic heterocycles. The molecule has 0 spiro atoms. The Morgan fingerprint density at radius 1 is 1.10 bits per heavy atom. The molecule has 2 aliphatic heterocycles. The van der Waals surface area contributed by atoms with Crippen molar-refractivity contribution >= 4 is 47.2 Å². The standard InChI is InChI=1S/C23H26ClN3O3.ClH/c1-15-13-21(25-19-6-4-18(24)5-7-19)20-14-17(3-8-22(20)27(15)16(2)28)23(29)26-9-11-30-12-10-26;/h3-8,14-15,21,25H,9-13H2,1-2H3;1H. The summed E-state index contributed by atoms with van der Waals surface area (Å²) in [5.74, 6) is 0.000267. The first-order valence-corrected chi connectivity index (χ1v) is 10.6. The van der Waals surface area contributed by atoms with E-state index in [4.69, 9.17) is 16.3 Å². The Hall–Kier alpha value is -2.28. The van der Waals surface area contributed by atoms with E-state index in [-0.39, 0.29) is 36.3 Å². The highest BCUT2D eigenvalue weighted by atomic mass is 35.5. The van der Waals surface area contributed by atoms with Gasteiger partial charge in [0.1, 0.15) is 0 Å². The summed E-state index contributed by atoms with van der Waals surface area (Å²) in [5, 5.41) is 4.24. The molecule has 1 saturated heterocycles. The second kappa shape index (κ2) is 9.90. The molecule has 0 saturated carbocycles. The number of morpholine rings is 1. The molecule has 166 valence electrons. The van der Waals surface area contributed by atoms with Gasteiger partial charge in [-0.05, 0) is 61.4 Å². The normalized spacial score (nSPS) is 20.5. The summed E-state index contributed by atoms with van der Waals surface area (Å²) in [4.78, 5) is 29.0. The maximum atomic E-state index is 13.0. The second-order valence-corrected chi connectivity index (χ2v) is 8.29. The fourth-order valence-electron chi connectivity index (χ4n) is 4.31. The predicted molar refractivity (Wildman–Crippen MR) is 125 cm³/mol. The van der Waals surface area contributed by atoms with Gasteiger partial charge < -0.3 is 19.9 Å². The first-order valence-electron chi connectivity index (χ1n) is 10.3. The van der Waals surface area contributed by atoms with Gasteiger partial charge in [0.25, 0.3) is 5.91 Å². The van der Waals surface area contributed by atoms with E-state index in [1.165, 1.54) is 0 Å². The van der Waals surface area contributed by atoms with Gasteiger partial charge in [-0.1, -0.05) is 11.6 Å². The van der Waals surface area contributed by atoms with Crippen LogP contribution in [0.15, 0.2) is 42.5 Å². The third-order valence-corrected chi connectivity index (χ3v) is 6.00. The molecule has 4 rings (SSSR count). The van der Waals surface area contributed by atoms with Crippen molar-refractivity contribution in [2.45, 2.75) is 32.4 Å². The summed E-state index contributed by atoms with van der Waals surface area (Å²) in [7, 11) is 0. The number of benzene rings is 2. The van der Waals surface area contributed by atoms with E-state index in [0.29, 0.717) is 36.9 Å². The van der Waals surface area contributed by atoms with Crippen LogP contribution in [0.5, 0.6) is 0 Å². The summed E-state index contributed by atoms with van der Waals surface area (Å²) >= 11 is 6.02. The van der Waals surface area contributed by atoms with Gasteiger partial charge in [-0.2, -0.15) is 0 Å². The van der Waals surface area contributed by atoms with Crippen LogP contribution >= 0.6 is 24.0 Å². The van der Waals surface area contributed by atoms with Gasteiger partial charge in [-0.15, -0.1) is 12.4 Å². The molecule has 6 nitrogen and oxygen atoms in total. The number of ether oxygens (including phenoxy) is 1. The summed E-state index contributed by atoms with van der Waals surface area (Å²) in [5.41, 5.74) is 3.39. The van der Waals surface area contributed by atoms with Crippen molar-refractivity contribution < 1.29 is 14.3 Å². The average Bonchev–Trinajstić information content (AvgIpc) is 2.75. The number of carbonyl (C=O) groups excluding carboxylic acids is 2. The van der Waals surface area contributed by atoms with Gasteiger partial charge in [0.2, 0.25) is 5.91 Å². The number of hydrogen-bond donors (Lipinski definition) is 1. The largest absolute Gasteiger partial charge is 0.378 e. The summed E-state index contributed by atoms with van der Waals surface area (Å²) in [6, 6.07) is 13.2. The fourth-order valence-corrected chi connectivity index (χ4v) is 4.44. The Morgan fingerprint density at radius 3 is 2.42 bits per heavy atom. The number of amides is 2.